The van der Waals surface area contributed by atoms with Gasteiger partial charge in [-0.05, 0) is 29.3 Å². The summed E-state index contributed by atoms with van der Waals surface area (Å²) in [6.45, 7) is 0.161. The van der Waals surface area contributed by atoms with Crippen LogP contribution >= 0.6 is 0 Å². The van der Waals surface area contributed by atoms with E-state index in [1.807, 2.05) is 30.3 Å². The highest BCUT2D eigenvalue weighted by molar-refractivity contribution is 6.07. The number of non-ortho nitro benzene ring substituents is 1. The van der Waals surface area contributed by atoms with E-state index in [9.17, 15) is 19.7 Å². The fourth-order valence-electron chi connectivity index (χ4n) is 4.26. The lowest BCUT2D eigenvalue weighted by molar-refractivity contribution is -0.384. The van der Waals surface area contributed by atoms with Crippen molar-refractivity contribution in [3.8, 4) is 0 Å². The van der Waals surface area contributed by atoms with E-state index >= 15 is 0 Å². The molecule has 3 atom stereocenters. The Kier molecular flexibility index (Phi) is 4.87. The summed E-state index contributed by atoms with van der Waals surface area (Å²) in [5.74, 6) is -1.54. The van der Waals surface area contributed by atoms with Crippen LogP contribution < -0.4 is 5.06 Å². The van der Waals surface area contributed by atoms with E-state index in [0.29, 0.717) is 5.69 Å². The normalized spacial score (nSPS) is 22.3. The maximum atomic E-state index is 13.4. The van der Waals surface area contributed by atoms with Crippen molar-refractivity contribution in [2.24, 2.45) is 5.92 Å². The third-order valence-corrected chi connectivity index (χ3v) is 5.73. The number of hydrogen-bond donors (Lipinski definition) is 0. The molecule has 3 aromatic rings. The van der Waals surface area contributed by atoms with Crippen molar-refractivity contribution in [2.75, 3.05) is 5.06 Å². The molecule has 2 aromatic carbocycles. The zero-order valence-electron chi connectivity index (χ0n) is 16.8. The molecule has 2 aliphatic heterocycles. The van der Waals surface area contributed by atoms with Crippen LogP contribution in [0, 0.1) is 16.0 Å². The number of pyridine rings is 1. The number of carbonyl (C=O) groups is 2. The number of hydrogen-bond acceptors (Lipinski definition) is 7. The topological polar surface area (TPSA) is 106 Å². The van der Waals surface area contributed by atoms with Crippen LogP contribution in [0.5, 0.6) is 0 Å². The molecule has 3 heterocycles. The Hall–Kier alpha value is -4.11. The smallest absolute Gasteiger partial charge is 0.271 e. The van der Waals surface area contributed by atoms with Crippen molar-refractivity contribution in [3.63, 3.8) is 0 Å². The summed E-state index contributed by atoms with van der Waals surface area (Å²) in [5, 5.41) is 12.7. The Morgan fingerprint density at radius 2 is 1.72 bits per heavy atom. The first-order valence-corrected chi connectivity index (χ1v) is 10.0. The molecule has 32 heavy (non-hydrogen) atoms. The molecule has 2 saturated heterocycles. The highest BCUT2D eigenvalue weighted by Gasteiger charge is 2.59. The van der Waals surface area contributed by atoms with Gasteiger partial charge in [0.05, 0.1) is 23.2 Å². The minimum atomic E-state index is -1.01. The highest BCUT2D eigenvalue weighted by Crippen LogP contribution is 2.47. The number of likely N-dealkylation sites (tertiary alicyclic amines) is 1. The van der Waals surface area contributed by atoms with E-state index < -0.39 is 28.9 Å². The number of imide groups is 1. The summed E-state index contributed by atoms with van der Waals surface area (Å²) in [7, 11) is 0. The number of amides is 2. The summed E-state index contributed by atoms with van der Waals surface area (Å²) >= 11 is 0. The van der Waals surface area contributed by atoms with Crippen molar-refractivity contribution in [3.05, 3.63) is 100 Å². The van der Waals surface area contributed by atoms with Crippen molar-refractivity contribution in [1.29, 1.82) is 0 Å². The summed E-state index contributed by atoms with van der Waals surface area (Å²) in [4.78, 5) is 48.6. The molecule has 0 bridgehead atoms. The molecule has 2 fully saturated rings. The summed E-state index contributed by atoms with van der Waals surface area (Å²) < 4.78 is 0. The number of nitro benzene ring substituents is 1. The van der Waals surface area contributed by atoms with Crippen LogP contribution in [0.2, 0.25) is 0 Å². The molecule has 2 aliphatic rings. The van der Waals surface area contributed by atoms with Crippen LogP contribution in [0.25, 0.3) is 0 Å². The SMILES string of the molecule is O=C1[C@@H]2[C@@H](c3ccncc3)N(c3cccc([N+](=O)[O-])c3)O[C@H]2C(=O)N1Cc1ccccc1. The number of hydroxylamine groups is 1. The van der Waals surface area contributed by atoms with E-state index in [1.165, 1.54) is 22.1 Å². The molecule has 1 aromatic heterocycles. The van der Waals surface area contributed by atoms with Gasteiger partial charge in [0.1, 0.15) is 5.92 Å². The van der Waals surface area contributed by atoms with Crippen LogP contribution in [0.15, 0.2) is 79.1 Å². The lowest BCUT2D eigenvalue weighted by Gasteiger charge is -2.28. The molecule has 160 valence electrons. The lowest BCUT2D eigenvalue weighted by Crippen LogP contribution is -2.37. The zero-order chi connectivity index (χ0) is 22.2. The third-order valence-electron chi connectivity index (χ3n) is 5.73. The van der Waals surface area contributed by atoms with Crippen molar-refractivity contribution < 1.29 is 19.3 Å². The predicted molar refractivity (Wildman–Crippen MR) is 113 cm³/mol. The van der Waals surface area contributed by atoms with Gasteiger partial charge in [0.15, 0.2) is 6.10 Å². The largest absolute Gasteiger partial charge is 0.275 e. The van der Waals surface area contributed by atoms with Crippen LogP contribution in [0.3, 0.4) is 0 Å². The van der Waals surface area contributed by atoms with Crippen LogP contribution in [-0.4, -0.2) is 32.7 Å². The van der Waals surface area contributed by atoms with E-state index in [0.717, 1.165) is 11.1 Å². The molecule has 0 saturated carbocycles. The van der Waals surface area contributed by atoms with E-state index in [1.54, 1.807) is 36.7 Å². The number of fused-ring (bicyclic) bond motifs is 1. The number of rotatable bonds is 5. The molecule has 0 spiro atoms. The Balaban J connectivity index is 1.53. The Labute approximate surface area is 183 Å². The van der Waals surface area contributed by atoms with E-state index in [4.69, 9.17) is 4.84 Å². The molecule has 0 unspecified atom stereocenters. The average molecular weight is 430 g/mol. The fourth-order valence-corrected chi connectivity index (χ4v) is 4.26. The third kappa shape index (κ3) is 3.28. The standard InChI is InChI=1S/C23H18N4O5/c28-22-19-20(16-9-11-24-12-10-16)26(17-7-4-8-18(13-17)27(30)31)32-21(19)23(29)25(22)14-15-5-2-1-3-6-15/h1-13,19-21H,14H2/t19-,20-,21-/m1/s1. The van der Waals surface area contributed by atoms with Gasteiger partial charge in [-0.1, -0.05) is 36.4 Å². The van der Waals surface area contributed by atoms with Gasteiger partial charge >= 0.3 is 0 Å². The molecule has 0 radical (unpaired) electrons. The second kappa shape index (κ2) is 7.86. The van der Waals surface area contributed by atoms with Crippen LogP contribution in [0.4, 0.5) is 11.4 Å². The molecular weight excluding hydrogens is 412 g/mol. The molecular formula is C23H18N4O5. The molecule has 9 nitrogen and oxygen atoms in total. The monoisotopic (exact) mass is 430 g/mol. The number of benzene rings is 2. The average Bonchev–Trinajstić information content (AvgIpc) is 3.32. The molecule has 9 heteroatoms. The second-order valence-electron chi connectivity index (χ2n) is 7.63. The molecule has 2 amide bonds. The van der Waals surface area contributed by atoms with Gasteiger partial charge in [-0.2, -0.15) is 0 Å². The van der Waals surface area contributed by atoms with Gasteiger partial charge in [-0.3, -0.25) is 34.4 Å². The fraction of sp³-hybridized carbons (Fsp3) is 0.174. The lowest BCUT2D eigenvalue weighted by atomic mass is 9.91. The molecule has 0 aliphatic carbocycles. The Morgan fingerprint density at radius 1 is 0.969 bits per heavy atom. The first-order valence-electron chi connectivity index (χ1n) is 10.0. The van der Waals surface area contributed by atoms with Crippen molar-refractivity contribution in [2.45, 2.75) is 18.7 Å². The highest BCUT2D eigenvalue weighted by atomic mass is 16.7. The molecule has 0 N–H and O–H groups in total. The van der Waals surface area contributed by atoms with Crippen molar-refractivity contribution >= 4 is 23.2 Å². The van der Waals surface area contributed by atoms with Gasteiger partial charge in [0.2, 0.25) is 5.91 Å². The van der Waals surface area contributed by atoms with Crippen LogP contribution in [-0.2, 0) is 21.0 Å². The summed E-state index contributed by atoms with van der Waals surface area (Å²) in [5.41, 5.74) is 1.84. The quantitative estimate of drug-likeness (QED) is 0.348. The van der Waals surface area contributed by atoms with Gasteiger partial charge in [-0.25, -0.2) is 5.06 Å². The number of anilines is 1. The van der Waals surface area contributed by atoms with E-state index in [2.05, 4.69) is 4.98 Å². The predicted octanol–water partition coefficient (Wildman–Crippen LogP) is 3.04. The number of nitrogens with zero attached hydrogens (tertiary/aromatic N) is 4. The van der Waals surface area contributed by atoms with Gasteiger partial charge < -0.3 is 0 Å². The number of carbonyl (C=O) groups excluding carboxylic acids is 2. The maximum Gasteiger partial charge on any atom is 0.271 e. The zero-order valence-corrected chi connectivity index (χ0v) is 16.8. The van der Waals surface area contributed by atoms with Gasteiger partial charge in [-0.15, -0.1) is 0 Å². The maximum absolute atomic E-state index is 13.4. The van der Waals surface area contributed by atoms with Crippen molar-refractivity contribution in [1.82, 2.24) is 9.88 Å². The number of aromatic nitrogens is 1. The van der Waals surface area contributed by atoms with Gasteiger partial charge in [0, 0.05) is 24.5 Å². The number of nitro groups is 1. The molecule has 5 rings (SSSR count). The summed E-state index contributed by atoms with van der Waals surface area (Å²) in [6, 6.07) is 18.1. The Bertz CT molecular complexity index is 1190. The van der Waals surface area contributed by atoms with E-state index in [-0.39, 0.29) is 18.1 Å². The van der Waals surface area contributed by atoms with Gasteiger partial charge in [0.25, 0.3) is 11.6 Å². The summed E-state index contributed by atoms with van der Waals surface area (Å²) in [6.07, 6.45) is 2.18. The van der Waals surface area contributed by atoms with Crippen LogP contribution in [0.1, 0.15) is 17.2 Å². The minimum Gasteiger partial charge on any atom is -0.275 e. The first-order chi connectivity index (χ1) is 15.5. The minimum absolute atomic E-state index is 0.111. The second-order valence-corrected chi connectivity index (χ2v) is 7.63. The Morgan fingerprint density at radius 3 is 2.44 bits per heavy atom. The first kappa shape index (κ1) is 19.8.